The van der Waals surface area contributed by atoms with Gasteiger partial charge in [-0.25, -0.2) is 0 Å². The summed E-state index contributed by atoms with van der Waals surface area (Å²) in [6.45, 7) is 1.88. The third-order valence-corrected chi connectivity index (χ3v) is 3.17. The minimum absolute atomic E-state index is 0.283. The van der Waals surface area contributed by atoms with Crippen LogP contribution in [0, 0.1) is 5.92 Å². The van der Waals surface area contributed by atoms with Crippen LogP contribution in [0.15, 0.2) is 12.1 Å². The number of carboxylic acids is 1. The maximum absolute atomic E-state index is 10.7. The van der Waals surface area contributed by atoms with E-state index >= 15 is 0 Å². The van der Waals surface area contributed by atoms with Crippen LogP contribution in [-0.4, -0.2) is 11.1 Å². The standard InChI is InChI=1S/C9H11ClO2S/c1-2-6(9(11)12)5-7-3-4-8(10)13-7/h3-4,6H,2,5H2,1H3,(H,11,12). The predicted molar refractivity (Wildman–Crippen MR) is 54.4 cm³/mol. The maximum atomic E-state index is 10.7. The molecule has 1 rings (SSSR count). The highest BCUT2D eigenvalue weighted by atomic mass is 35.5. The number of halogens is 1. The van der Waals surface area contributed by atoms with Crippen LogP contribution >= 0.6 is 22.9 Å². The third-order valence-electron chi connectivity index (χ3n) is 1.92. The van der Waals surface area contributed by atoms with Gasteiger partial charge in [-0.2, -0.15) is 0 Å². The van der Waals surface area contributed by atoms with E-state index in [0.717, 1.165) is 9.21 Å². The summed E-state index contributed by atoms with van der Waals surface area (Å²) in [4.78, 5) is 11.8. The number of aliphatic carboxylic acids is 1. The highest BCUT2D eigenvalue weighted by Gasteiger charge is 2.16. The van der Waals surface area contributed by atoms with Crippen LogP contribution < -0.4 is 0 Å². The molecule has 1 heterocycles. The Hall–Kier alpha value is -0.540. The molecule has 0 bridgehead atoms. The van der Waals surface area contributed by atoms with Gasteiger partial charge in [0.15, 0.2) is 0 Å². The molecule has 0 aliphatic rings. The highest BCUT2D eigenvalue weighted by molar-refractivity contribution is 7.16. The highest BCUT2D eigenvalue weighted by Crippen LogP contribution is 2.24. The van der Waals surface area contributed by atoms with E-state index in [-0.39, 0.29) is 5.92 Å². The van der Waals surface area contributed by atoms with Gasteiger partial charge >= 0.3 is 5.97 Å². The Labute approximate surface area is 86.2 Å². The van der Waals surface area contributed by atoms with Crippen molar-refractivity contribution in [3.05, 3.63) is 21.3 Å². The molecule has 2 nitrogen and oxygen atoms in total. The molecule has 0 amide bonds. The first-order valence-corrected chi connectivity index (χ1v) is 5.30. The summed E-state index contributed by atoms with van der Waals surface area (Å²) in [5.74, 6) is -1.01. The summed E-state index contributed by atoms with van der Waals surface area (Å²) in [6.07, 6.45) is 1.24. The SMILES string of the molecule is CCC(Cc1ccc(Cl)s1)C(=O)O. The Kier molecular flexibility index (Phi) is 3.75. The summed E-state index contributed by atoms with van der Waals surface area (Å²) >= 11 is 7.19. The number of thiophene rings is 1. The number of rotatable bonds is 4. The zero-order valence-corrected chi connectivity index (χ0v) is 8.86. The zero-order chi connectivity index (χ0) is 9.84. The van der Waals surface area contributed by atoms with Gasteiger partial charge in [-0.05, 0) is 25.0 Å². The van der Waals surface area contributed by atoms with Crippen LogP contribution in [-0.2, 0) is 11.2 Å². The normalized spacial score (nSPS) is 12.8. The molecule has 1 aromatic rings. The molecule has 0 saturated heterocycles. The quantitative estimate of drug-likeness (QED) is 0.844. The molecule has 72 valence electrons. The van der Waals surface area contributed by atoms with Gasteiger partial charge in [-0.3, -0.25) is 4.79 Å². The minimum Gasteiger partial charge on any atom is -0.481 e. The van der Waals surface area contributed by atoms with E-state index < -0.39 is 5.97 Å². The van der Waals surface area contributed by atoms with Crippen LogP contribution in [0.3, 0.4) is 0 Å². The molecule has 0 aromatic carbocycles. The second kappa shape index (κ2) is 4.63. The van der Waals surface area contributed by atoms with Gasteiger partial charge in [-0.1, -0.05) is 18.5 Å². The number of hydrogen-bond donors (Lipinski definition) is 1. The molecule has 0 aliphatic carbocycles. The second-order valence-corrected chi connectivity index (χ2v) is 4.65. The lowest BCUT2D eigenvalue weighted by atomic mass is 10.0. The van der Waals surface area contributed by atoms with E-state index in [1.807, 2.05) is 13.0 Å². The van der Waals surface area contributed by atoms with E-state index in [1.54, 1.807) is 6.07 Å². The Bertz CT molecular complexity index is 296. The smallest absolute Gasteiger partial charge is 0.306 e. The lowest BCUT2D eigenvalue weighted by Crippen LogP contribution is -2.14. The fourth-order valence-corrected chi connectivity index (χ4v) is 2.28. The predicted octanol–water partition coefficient (Wildman–Crippen LogP) is 3.05. The molecule has 0 spiro atoms. The van der Waals surface area contributed by atoms with Crippen LogP contribution in [0.2, 0.25) is 4.34 Å². The van der Waals surface area contributed by atoms with Crippen LogP contribution in [0.4, 0.5) is 0 Å². The van der Waals surface area contributed by atoms with Gasteiger partial charge in [0, 0.05) is 4.88 Å². The topological polar surface area (TPSA) is 37.3 Å². The van der Waals surface area contributed by atoms with E-state index in [1.165, 1.54) is 11.3 Å². The van der Waals surface area contributed by atoms with Crippen molar-refractivity contribution in [2.24, 2.45) is 5.92 Å². The van der Waals surface area contributed by atoms with Crippen molar-refractivity contribution in [2.45, 2.75) is 19.8 Å². The molecule has 1 N–H and O–H groups in total. The van der Waals surface area contributed by atoms with Crippen molar-refractivity contribution in [1.82, 2.24) is 0 Å². The van der Waals surface area contributed by atoms with Crippen molar-refractivity contribution in [2.75, 3.05) is 0 Å². The van der Waals surface area contributed by atoms with Crippen molar-refractivity contribution in [1.29, 1.82) is 0 Å². The average molecular weight is 219 g/mol. The molecule has 0 saturated carbocycles. The summed E-state index contributed by atoms with van der Waals surface area (Å²) < 4.78 is 0.718. The molecular weight excluding hydrogens is 208 g/mol. The maximum Gasteiger partial charge on any atom is 0.306 e. The monoisotopic (exact) mass is 218 g/mol. The number of carboxylic acid groups (broad SMARTS) is 1. The molecule has 0 fully saturated rings. The largest absolute Gasteiger partial charge is 0.481 e. The Morgan fingerprint density at radius 1 is 1.69 bits per heavy atom. The molecule has 1 atom stereocenters. The lowest BCUT2D eigenvalue weighted by molar-refractivity contribution is -0.141. The minimum atomic E-state index is -0.730. The molecule has 0 radical (unpaired) electrons. The summed E-state index contributed by atoms with van der Waals surface area (Å²) in [5, 5.41) is 8.81. The van der Waals surface area contributed by atoms with Crippen molar-refractivity contribution >= 4 is 28.9 Å². The number of hydrogen-bond acceptors (Lipinski definition) is 2. The lowest BCUT2D eigenvalue weighted by Gasteiger charge is -2.06. The summed E-state index contributed by atoms with van der Waals surface area (Å²) in [7, 11) is 0. The van der Waals surface area contributed by atoms with Gasteiger partial charge < -0.3 is 5.11 Å². The molecule has 0 aliphatic heterocycles. The van der Waals surface area contributed by atoms with Crippen molar-refractivity contribution in [3.63, 3.8) is 0 Å². The first kappa shape index (κ1) is 10.5. The third kappa shape index (κ3) is 3.01. The van der Waals surface area contributed by atoms with E-state index in [4.69, 9.17) is 16.7 Å². The van der Waals surface area contributed by atoms with Crippen LogP contribution in [0.1, 0.15) is 18.2 Å². The van der Waals surface area contributed by atoms with E-state index in [9.17, 15) is 4.79 Å². The van der Waals surface area contributed by atoms with Crippen LogP contribution in [0.5, 0.6) is 0 Å². The molecule has 1 aromatic heterocycles. The van der Waals surface area contributed by atoms with E-state index in [2.05, 4.69) is 0 Å². The Morgan fingerprint density at radius 3 is 2.77 bits per heavy atom. The molecular formula is C9H11ClO2S. The summed E-state index contributed by atoms with van der Waals surface area (Å²) in [5.41, 5.74) is 0. The second-order valence-electron chi connectivity index (χ2n) is 2.85. The number of carbonyl (C=O) groups is 1. The Morgan fingerprint density at radius 2 is 2.38 bits per heavy atom. The first-order chi connectivity index (χ1) is 6.13. The van der Waals surface area contributed by atoms with Gasteiger partial charge in [0.2, 0.25) is 0 Å². The first-order valence-electron chi connectivity index (χ1n) is 4.10. The summed E-state index contributed by atoms with van der Waals surface area (Å²) in [6, 6.07) is 3.69. The zero-order valence-electron chi connectivity index (χ0n) is 7.29. The van der Waals surface area contributed by atoms with Crippen molar-refractivity contribution < 1.29 is 9.90 Å². The van der Waals surface area contributed by atoms with Gasteiger partial charge in [-0.15, -0.1) is 11.3 Å². The molecule has 4 heteroatoms. The van der Waals surface area contributed by atoms with Crippen LogP contribution in [0.25, 0.3) is 0 Å². The fourth-order valence-electron chi connectivity index (χ4n) is 1.11. The molecule has 13 heavy (non-hydrogen) atoms. The molecule has 1 unspecified atom stereocenters. The Balaban J connectivity index is 2.61. The van der Waals surface area contributed by atoms with Gasteiger partial charge in [0.1, 0.15) is 0 Å². The van der Waals surface area contributed by atoms with Gasteiger partial charge in [0.25, 0.3) is 0 Å². The van der Waals surface area contributed by atoms with Crippen molar-refractivity contribution in [3.8, 4) is 0 Å². The van der Waals surface area contributed by atoms with Gasteiger partial charge in [0.05, 0.1) is 10.3 Å². The average Bonchev–Trinajstić information content (AvgIpc) is 2.46. The fraction of sp³-hybridized carbons (Fsp3) is 0.444. The van der Waals surface area contributed by atoms with E-state index in [0.29, 0.717) is 12.8 Å².